The van der Waals surface area contributed by atoms with E-state index in [9.17, 15) is 9.59 Å². The van der Waals surface area contributed by atoms with Gasteiger partial charge < -0.3 is 19.8 Å². The third-order valence-electron chi connectivity index (χ3n) is 5.92. The Morgan fingerprint density at radius 3 is 2.41 bits per heavy atom. The summed E-state index contributed by atoms with van der Waals surface area (Å²) in [7, 11) is 3.25. The minimum Gasteiger partial charge on any atom is -0.497 e. The van der Waals surface area contributed by atoms with E-state index in [0.29, 0.717) is 17.4 Å². The number of ether oxygens (including phenoxy) is 2. The molecule has 1 aliphatic heterocycles. The van der Waals surface area contributed by atoms with Gasteiger partial charge in [-0.3, -0.25) is 15.0 Å². The summed E-state index contributed by atoms with van der Waals surface area (Å²) in [5, 5.41) is 6.24. The van der Waals surface area contributed by atoms with Crippen molar-refractivity contribution in [1.29, 1.82) is 0 Å². The molecule has 0 atom stereocenters. The molecule has 0 saturated carbocycles. The summed E-state index contributed by atoms with van der Waals surface area (Å²) in [6.45, 7) is 1.80. The molecule has 0 unspecified atom stereocenters. The summed E-state index contributed by atoms with van der Waals surface area (Å²) >= 11 is 0. The molecule has 0 radical (unpaired) electrons. The lowest BCUT2D eigenvalue weighted by Gasteiger charge is -2.31. The number of nitrogens with one attached hydrogen (secondary N) is 3. The van der Waals surface area contributed by atoms with E-state index in [4.69, 9.17) is 9.47 Å². The van der Waals surface area contributed by atoms with Crippen LogP contribution in [0.15, 0.2) is 48.7 Å². The monoisotopic (exact) mass is 436 g/mol. The number of aromatic nitrogens is 1. The summed E-state index contributed by atoms with van der Waals surface area (Å²) in [5.41, 5.74) is 2.99. The Labute approximate surface area is 186 Å². The van der Waals surface area contributed by atoms with E-state index in [1.165, 1.54) is 10.9 Å². The lowest BCUT2D eigenvalue weighted by atomic mass is 9.89. The van der Waals surface area contributed by atoms with Gasteiger partial charge in [0.05, 0.1) is 20.8 Å². The van der Waals surface area contributed by atoms with Crippen molar-refractivity contribution in [3.8, 4) is 11.5 Å². The predicted molar refractivity (Wildman–Crippen MR) is 123 cm³/mol. The SMILES string of the molecule is COc1ccc(NC(=O)NC(=O)CN2CCC(c3c[nH]c4ccc(OC)cc34)CC2)cc1. The largest absolute Gasteiger partial charge is 0.497 e. The van der Waals surface area contributed by atoms with Gasteiger partial charge in [0.25, 0.3) is 0 Å². The van der Waals surface area contributed by atoms with Crippen LogP contribution in [-0.4, -0.2) is 55.7 Å². The first kappa shape index (κ1) is 21.7. The first-order valence-electron chi connectivity index (χ1n) is 10.7. The van der Waals surface area contributed by atoms with Gasteiger partial charge in [-0.05, 0) is 79.9 Å². The van der Waals surface area contributed by atoms with Crippen LogP contribution in [0, 0.1) is 0 Å². The molecule has 168 valence electrons. The number of aromatic amines is 1. The first-order valence-corrected chi connectivity index (χ1v) is 10.7. The molecule has 8 heteroatoms. The van der Waals surface area contributed by atoms with Crippen LogP contribution in [0.1, 0.15) is 24.3 Å². The molecule has 0 aliphatic carbocycles. The van der Waals surface area contributed by atoms with Gasteiger partial charge in [-0.1, -0.05) is 0 Å². The zero-order chi connectivity index (χ0) is 22.5. The minimum atomic E-state index is -0.539. The van der Waals surface area contributed by atoms with E-state index < -0.39 is 6.03 Å². The highest BCUT2D eigenvalue weighted by atomic mass is 16.5. The van der Waals surface area contributed by atoms with Crippen molar-refractivity contribution >= 4 is 28.5 Å². The minimum absolute atomic E-state index is 0.199. The number of carbonyl (C=O) groups is 2. The number of hydrogen-bond acceptors (Lipinski definition) is 5. The Balaban J connectivity index is 1.26. The van der Waals surface area contributed by atoms with Gasteiger partial charge in [0.2, 0.25) is 5.91 Å². The second-order valence-corrected chi connectivity index (χ2v) is 7.94. The Morgan fingerprint density at radius 2 is 1.72 bits per heavy atom. The number of amides is 3. The van der Waals surface area contributed by atoms with E-state index in [1.807, 2.05) is 12.1 Å². The second-order valence-electron chi connectivity index (χ2n) is 7.94. The molecule has 1 aliphatic rings. The molecule has 32 heavy (non-hydrogen) atoms. The van der Waals surface area contributed by atoms with Gasteiger partial charge in [-0.2, -0.15) is 0 Å². The van der Waals surface area contributed by atoms with Gasteiger partial charge in [-0.25, -0.2) is 4.79 Å². The zero-order valence-corrected chi connectivity index (χ0v) is 18.3. The molecule has 1 saturated heterocycles. The fourth-order valence-corrected chi connectivity index (χ4v) is 4.19. The average Bonchev–Trinajstić information content (AvgIpc) is 3.23. The Hall–Kier alpha value is -3.52. The topological polar surface area (TPSA) is 95.7 Å². The number of fused-ring (bicyclic) bond motifs is 1. The van der Waals surface area contributed by atoms with Crippen LogP contribution in [0.3, 0.4) is 0 Å². The number of benzene rings is 2. The normalized spacial score (nSPS) is 14.8. The predicted octanol–water partition coefficient (Wildman–Crippen LogP) is 3.71. The molecular weight excluding hydrogens is 408 g/mol. The average molecular weight is 437 g/mol. The summed E-state index contributed by atoms with van der Waals surface area (Å²) < 4.78 is 10.5. The van der Waals surface area contributed by atoms with Crippen LogP contribution in [0.4, 0.5) is 10.5 Å². The maximum absolute atomic E-state index is 12.3. The Bertz CT molecular complexity index is 1090. The van der Waals surface area contributed by atoms with Crippen molar-refractivity contribution in [2.75, 3.05) is 39.2 Å². The summed E-state index contributed by atoms with van der Waals surface area (Å²) in [4.78, 5) is 29.8. The summed E-state index contributed by atoms with van der Waals surface area (Å²) in [5.74, 6) is 1.66. The van der Waals surface area contributed by atoms with E-state index in [1.54, 1.807) is 38.5 Å². The number of likely N-dealkylation sites (tertiary alicyclic amines) is 1. The highest BCUT2D eigenvalue weighted by Gasteiger charge is 2.24. The number of urea groups is 1. The van der Waals surface area contributed by atoms with Crippen LogP contribution in [0.5, 0.6) is 11.5 Å². The molecule has 0 spiro atoms. The summed E-state index contributed by atoms with van der Waals surface area (Å²) in [6.07, 6.45) is 3.99. The number of hydrogen-bond donors (Lipinski definition) is 3. The molecule has 0 bridgehead atoms. The van der Waals surface area contributed by atoms with Gasteiger partial charge in [0.1, 0.15) is 11.5 Å². The maximum Gasteiger partial charge on any atom is 0.325 e. The molecule has 3 aromatic rings. The fraction of sp³-hybridized carbons (Fsp3) is 0.333. The third kappa shape index (κ3) is 5.03. The molecular formula is C24H28N4O4. The molecule has 8 nitrogen and oxygen atoms in total. The number of anilines is 1. The van der Waals surface area contributed by atoms with E-state index in [-0.39, 0.29) is 12.5 Å². The third-order valence-corrected chi connectivity index (χ3v) is 5.92. The van der Waals surface area contributed by atoms with Crippen LogP contribution in [-0.2, 0) is 4.79 Å². The highest BCUT2D eigenvalue weighted by Crippen LogP contribution is 2.34. The van der Waals surface area contributed by atoms with Gasteiger partial charge in [0, 0.05) is 22.8 Å². The number of nitrogens with zero attached hydrogens (tertiary/aromatic N) is 1. The van der Waals surface area contributed by atoms with E-state index in [2.05, 4.69) is 32.8 Å². The maximum atomic E-state index is 12.3. The zero-order valence-electron chi connectivity index (χ0n) is 18.3. The summed E-state index contributed by atoms with van der Waals surface area (Å²) in [6, 6.07) is 12.4. The molecule has 1 aromatic heterocycles. The van der Waals surface area contributed by atoms with E-state index in [0.717, 1.165) is 37.2 Å². The van der Waals surface area contributed by atoms with Crippen molar-refractivity contribution < 1.29 is 19.1 Å². The lowest BCUT2D eigenvalue weighted by Crippen LogP contribution is -2.44. The Morgan fingerprint density at radius 1 is 1.03 bits per heavy atom. The van der Waals surface area contributed by atoms with Crippen LogP contribution < -0.4 is 20.1 Å². The van der Waals surface area contributed by atoms with Crippen molar-refractivity contribution in [1.82, 2.24) is 15.2 Å². The number of H-pyrrole nitrogens is 1. The molecule has 4 rings (SSSR count). The van der Waals surface area contributed by atoms with Crippen LogP contribution in [0.25, 0.3) is 10.9 Å². The first-order chi connectivity index (χ1) is 15.6. The molecule has 3 amide bonds. The molecule has 2 heterocycles. The second kappa shape index (κ2) is 9.74. The van der Waals surface area contributed by atoms with Gasteiger partial charge in [-0.15, -0.1) is 0 Å². The quantitative estimate of drug-likeness (QED) is 0.548. The van der Waals surface area contributed by atoms with Crippen molar-refractivity contribution in [3.63, 3.8) is 0 Å². The lowest BCUT2D eigenvalue weighted by molar-refractivity contribution is -0.121. The fourth-order valence-electron chi connectivity index (χ4n) is 4.19. The van der Waals surface area contributed by atoms with Crippen molar-refractivity contribution in [2.24, 2.45) is 0 Å². The van der Waals surface area contributed by atoms with Crippen molar-refractivity contribution in [3.05, 3.63) is 54.2 Å². The molecule has 1 fully saturated rings. The standard InChI is InChI=1S/C24H28N4O4/c1-31-18-5-3-17(4-6-18)26-24(30)27-23(29)15-28-11-9-16(10-12-28)21-14-25-22-8-7-19(32-2)13-20(21)22/h3-8,13-14,16,25H,9-12,15H2,1-2H3,(H2,26,27,29,30). The number of rotatable bonds is 6. The smallest absolute Gasteiger partial charge is 0.325 e. The van der Waals surface area contributed by atoms with Crippen LogP contribution >= 0.6 is 0 Å². The Kier molecular flexibility index (Phi) is 6.61. The number of imide groups is 1. The van der Waals surface area contributed by atoms with Crippen LogP contribution in [0.2, 0.25) is 0 Å². The number of carbonyl (C=O) groups excluding carboxylic acids is 2. The molecule has 3 N–H and O–H groups in total. The number of methoxy groups -OCH3 is 2. The molecule has 2 aromatic carbocycles. The number of piperidine rings is 1. The van der Waals surface area contributed by atoms with E-state index >= 15 is 0 Å². The van der Waals surface area contributed by atoms with Gasteiger partial charge >= 0.3 is 6.03 Å². The van der Waals surface area contributed by atoms with Gasteiger partial charge in [0.15, 0.2) is 0 Å². The highest BCUT2D eigenvalue weighted by molar-refractivity contribution is 6.01. The van der Waals surface area contributed by atoms with Crippen molar-refractivity contribution in [2.45, 2.75) is 18.8 Å².